The van der Waals surface area contributed by atoms with Gasteiger partial charge in [0.2, 0.25) is 5.91 Å². The number of carbonyl (C=O) groups is 1. The van der Waals surface area contributed by atoms with Crippen LogP contribution >= 0.6 is 11.6 Å². The highest BCUT2D eigenvalue weighted by molar-refractivity contribution is 6.32. The Labute approximate surface area is 131 Å². The van der Waals surface area contributed by atoms with Gasteiger partial charge in [0.25, 0.3) is 0 Å². The number of halogens is 1. The Kier molecular flexibility index (Phi) is 8.87. The van der Waals surface area contributed by atoms with E-state index in [1.54, 1.807) is 7.11 Å². The van der Waals surface area contributed by atoms with Crippen molar-refractivity contribution in [2.24, 2.45) is 0 Å². The molecule has 0 aliphatic heterocycles. The van der Waals surface area contributed by atoms with Crippen LogP contribution in [-0.2, 0) is 11.2 Å². The van der Waals surface area contributed by atoms with Gasteiger partial charge in [0.1, 0.15) is 5.75 Å². The maximum absolute atomic E-state index is 11.7. The lowest BCUT2D eigenvalue weighted by atomic mass is 10.1. The monoisotopic (exact) mass is 313 g/mol. The van der Waals surface area contributed by atoms with Crippen LogP contribution in [0.5, 0.6) is 5.75 Å². The second kappa shape index (κ2) is 10.5. The van der Waals surface area contributed by atoms with E-state index in [9.17, 15) is 4.79 Å². The van der Waals surface area contributed by atoms with Gasteiger partial charge in [-0.15, -0.1) is 0 Å². The number of nitrogens with one attached hydrogen (secondary N) is 1. The maximum Gasteiger partial charge on any atom is 0.220 e. The highest BCUT2D eigenvalue weighted by Gasteiger charge is 2.05. The summed E-state index contributed by atoms with van der Waals surface area (Å²) in [6, 6.07) is 5.58. The van der Waals surface area contributed by atoms with Crippen molar-refractivity contribution < 1.29 is 14.6 Å². The number of hydrogen-bond acceptors (Lipinski definition) is 3. The number of unbranched alkanes of at least 4 members (excludes halogenated alkanes) is 3. The first-order valence-corrected chi connectivity index (χ1v) is 7.75. The molecule has 0 aliphatic carbocycles. The molecule has 1 aromatic carbocycles. The molecule has 0 radical (unpaired) electrons. The van der Waals surface area contributed by atoms with Gasteiger partial charge in [-0.25, -0.2) is 0 Å². The summed E-state index contributed by atoms with van der Waals surface area (Å²) in [4.78, 5) is 11.7. The van der Waals surface area contributed by atoms with Crippen LogP contribution in [0.15, 0.2) is 18.2 Å². The number of hydrogen-bond donors (Lipinski definition) is 2. The van der Waals surface area contributed by atoms with Crippen molar-refractivity contribution in [1.29, 1.82) is 0 Å². The van der Waals surface area contributed by atoms with Gasteiger partial charge in [-0.1, -0.05) is 30.5 Å². The molecule has 0 aromatic heterocycles. The minimum atomic E-state index is 0.0594. The van der Waals surface area contributed by atoms with Crippen LogP contribution in [0.25, 0.3) is 0 Å². The Balaban J connectivity index is 2.19. The molecule has 1 aromatic rings. The number of amides is 1. The lowest BCUT2D eigenvalue weighted by molar-refractivity contribution is -0.121. The summed E-state index contributed by atoms with van der Waals surface area (Å²) in [7, 11) is 1.58. The summed E-state index contributed by atoms with van der Waals surface area (Å²) in [5, 5.41) is 12.1. The van der Waals surface area contributed by atoms with Crippen molar-refractivity contribution in [2.75, 3.05) is 20.3 Å². The smallest absolute Gasteiger partial charge is 0.220 e. The van der Waals surface area contributed by atoms with Crippen molar-refractivity contribution in [3.63, 3.8) is 0 Å². The molecular weight excluding hydrogens is 290 g/mol. The molecule has 1 amide bonds. The minimum absolute atomic E-state index is 0.0594. The number of carbonyl (C=O) groups excluding carboxylic acids is 1. The van der Waals surface area contributed by atoms with E-state index in [-0.39, 0.29) is 12.5 Å². The van der Waals surface area contributed by atoms with Crippen LogP contribution < -0.4 is 10.1 Å². The minimum Gasteiger partial charge on any atom is -0.495 e. The van der Waals surface area contributed by atoms with E-state index in [0.717, 1.165) is 31.2 Å². The normalized spacial score (nSPS) is 10.4. The quantitative estimate of drug-likeness (QED) is 0.653. The highest BCUT2D eigenvalue weighted by atomic mass is 35.5. The standard InChI is InChI=1S/C16H24ClNO3/c1-21-15-8-6-13(12-14(15)17)7-9-16(20)18-10-4-2-3-5-11-19/h6,8,12,19H,2-5,7,9-11H2,1H3,(H,18,20). The van der Waals surface area contributed by atoms with E-state index in [2.05, 4.69) is 5.32 Å². The molecule has 21 heavy (non-hydrogen) atoms. The predicted octanol–water partition coefficient (Wildman–Crippen LogP) is 2.95. The molecule has 118 valence electrons. The number of rotatable bonds is 10. The zero-order chi connectivity index (χ0) is 15.5. The third kappa shape index (κ3) is 7.34. The van der Waals surface area contributed by atoms with E-state index in [0.29, 0.717) is 30.2 Å². The molecule has 0 fully saturated rings. The molecule has 0 bridgehead atoms. The van der Waals surface area contributed by atoms with Gasteiger partial charge in [0, 0.05) is 19.6 Å². The van der Waals surface area contributed by atoms with Crippen LogP contribution in [0.4, 0.5) is 0 Å². The maximum atomic E-state index is 11.7. The molecule has 0 aliphatic rings. The summed E-state index contributed by atoms with van der Waals surface area (Å²) < 4.78 is 5.09. The molecule has 0 saturated heterocycles. The molecular formula is C16H24ClNO3. The van der Waals surface area contributed by atoms with Crippen LogP contribution in [0.1, 0.15) is 37.7 Å². The summed E-state index contributed by atoms with van der Waals surface area (Å²) in [6.45, 7) is 0.949. The average molecular weight is 314 g/mol. The fourth-order valence-electron chi connectivity index (χ4n) is 2.03. The lowest BCUT2D eigenvalue weighted by Gasteiger charge is -2.07. The Hall–Kier alpha value is -1.26. The van der Waals surface area contributed by atoms with Crippen LogP contribution in [-0.4, -0.2) is 31.3 Å². The molecule has 0 heterocycles. The fraction of sp³-hybridized carbons (Fsp3) is 0.562. The highest BCUT2D eigenvalue weighted by Crippen LogP contribution is 2.25. The Bertz CT molecular complexity index is 438. The van der Waals surface area contributed by atoms with Gasteiger partial charge in [0.05, 0.1) is 12.1 Å². The van der Waals surface area contributed by atoms with E-state index >= 15 is 0 Å². The van der Waals surface area contributed by atoms with E-state index in [1.165, 1.54) is 0 Å². The van der Waals surface area contributed by atoms with Crippen LogP contribution in [0.2, 0.25) is 5.02 Å². The zero-order valence-corrected chi connectivity index (χ0v) is 13.3. The van der Waals surface area contributed by atoms with Crippen molar-refractivity contribution in [1.82, 2.24) is 5.32 Å². The second-order valence-corrected chi connectivity index (χ2v) is 5.36. The molecule has 1 rings (SSSR count). The molecule has 0 atom stereocenters. The topological polar surface area (TPSA) is 58.6 Å². The summed E-state index contributed by atoms with van der Waals surface area (Å²) in [6.07, 6.45) is 4.97. The number of aliphatic hydroxyl groups excluding tert-OH is 1. The van der Waals surface area contributed by atoms with E-state index in [1.807, 2.05) is 18.2 Å². The SMILES string of the molecule is COc1ccc(CCC(=O)NCCCCCCO)cc1Cl. The largest absolute Gasteiger partial charge is 0.495 e. The number of aryl methyl sites for hydroxylation is 1. The first-order chi connectivity index (χ1) is 10.2. The summed E-state index contributed by atoms with van der Waals surface area (Å²) >= 11 is 6.05. The summed E-state index contributed by atoms with van der Waals surface area (Å²) in [5.74, 6) is 0.705. The first kappa shape index (κ1) is 17.8. The van der Waals surface area contributed by atoms with Gasteiger partial charge in [-0.05, 0) is 37.0 Å². The Morgan fingerprint density at radius 1 is 1.29 bits per heavy atom. The first-order valence-electron chi connectivity index (χ1n) is 7.37. The fourth-order valence-corrected chi connectivity index (χ4v) is 2.31. The second-order valence-electron chi connectivity index (χ2n) is 4.96. The lowest BCUT2D eigenvalue weighted by Crippen LogP contribution is -2.24. The van der Waals surface area contributed by atoms with E-state index < -0.39 is 0 Å². The van der Waals surface area contributed by atoms with E-state index in [4.69, 9.17) is 21.4 Å². The predicted molar refractivity (Wildman–Crippen MR) is 84.9 cm³/mol. The Morgan fingerprint density at radius 3 is 2.71 bits per heavy atom. The van der Waals surface area contributed by atoms with Crippen molar-refractivity contribution in [2.45, 2.75) is 38.5 Å². The molecule has 0 spiro atoms. The number of ether oxygens (including phenoxy) is 1. The molecule has 0 saturated carbocycles. The van der Waals surface area contributed by atoms with Crippen LogP contribution in [0.3, 0.4) is 0 Å². The van der Waals surface area contributed by atoms with Crippen molar-refractivity contribution in [3.8, 4) is 5.75 Å². The number of benzene rings is 1. The molecule has 2 N–H and O–H groups in total. The number of aliphatic hydroxyl groups is 1. The van der Waals surface area contributed by atoms with Gasteiger partial charge in [-0.2, -0.15) is 0 Å². The number of methoxy groups -OCH3 is 1. The van der Waals surface area contributed by atoms with Gasteiger partial charge < -0.3 is 15.2 Å². The zero-order valence-electron chi connectivity index (χ0n) is 12.5. The van der Waals surface area contributed by atoms with Gasteiger partial charge in [-0.3, -0.25) is 4.79 Å². The summed E-state index contributed by atoms with van der Waals surface area (Å²) in [5.41, 5.74) is 1.03. The third-order valence-electron chi connectivity index (χ3n) is 3.26. The molecule has 0 unspecified atom stereocenters. The van der Waals surface area contributed by atoms with Crippen molar-refractivity contribution >= 4 is 17.5 Å². The van der Waals surface area contributed by atoms with Gasteiger partial charge >= 0.3 is 0 Å². The van der Waals surface area contributed by atoms with Gasteiger partial charge in [0.15, 0.2) is 0 Å². The average Bonchev–Trinajstić information content (AvgIpc) is 2.49. The van der Waals surface area contributed by atoms with Crippen LogP contribution in [0, 0.1) is 0 Å². The molecule has 4 nitrogen and oxygen atoms in total. The van der Waals surface area contributed by atoms with Crippen molar-refractivity contribution in [3.05, 3.63) is 28.8 Å². The molecule has 5 heteroatoms. The Morgan fingerprint density at radius 2 is 2.05 bits per heavy atom. The third-order valence-corrected chi connectivity index (χ3v) is 3.56.